The Morgan fingerprint density at radius 2 is 2.27 bits per heavy atom. The number of ether oxygens (including phenoxy) is 1. The minimum atomic E-state index is -0.656. The summed E-state index contributed by atoms with van der Waals surface area (Å²) in [6, 6.07) is 4.34. The quantitative estimate of drug-likeness (QED) is 0.774. The number of aliphatic hydroxyl groups is 1. The fraction of sp³-hybridized carbons (Fsp3) is 0.333. The average molecular weight is 210 g/mol. The molecule has 0 aromatic heterocycles. The molecule has 1 rings (SSSR count). The first-order valence-corrected chi connectivity index (χ1v) is 4.70. The van der Waals surface area contributed by atoms with Gasteiger partial charge in [-0.05, 0) is 31.0 Å². The lowest BCUT2D eigenvalue weighted by Gasteiger charge is -2.12. The molecule has 0 bridgehead atoms. The van der Waals surface area contributed by atoms with E-state index in [9.17, 15) is 9.50 Å². The van der Waals surface area contributed by atoms with Gasteiger partial charge < -0.3 is 9.84 Å². The van der Waals surface area contributed by atoms with Crippen LogP contribution in [0.3, 0.4) is 0 Å². The summed E-state index contributed by atoms with van der Waals surface area (Å²) in [5.74, 6) is -0.281. The van der Waals surface area contributed by atoms with Crippen LogP contribution in [0.5, 0.6) is 5.75 Å². The number of rotatable bonds is 4. The molecule has 0 saturated heterocycles. The van der Waals surface area contributed by atoms with Crippen molar-refractivity contribution < 1.29 is 14.2 Å². The highest BCUT2D eigenvalue weighted by Crippen LogP contribution is 2.25. The first-order valence-electron chi connectivity index (χ1n) is 4.70. The highest BCUT2D eigenvalue weighted by atomic mass is 19.1. The lowest BCUT2D eigenvalue weighted by atomic mass is 10.0. The summed E-state index contributed by atoms with van der Waals surface area (Å²) in [6.07, 6.45) is -0.189. The van der Waals surface area contributed by atoms with Crippen LogP contribution in [0.25, 0.3) is 0 Å². The van der Waals surface area contributed by atoms with Gasteiger partial charge in [-0.1, -0.05) is 11.6 Å². The molecule has 1 unspecified atom stereocenters. The van der Waals surface area contributed by atoms with Gasteiger partial charge in [0.05, 0.1) is 13.2 Å². The zero-order valence-electron chi connectivity index (χ0n) is 8.96. The Hall–Kier alpha value is -1.35. The van der Waals surface area contributed by atoms with Gasteiger partial charge >= 0.3 is 0 Å². The molecule has 2 nitrogen and oxygen atoms in total. The Kier molecular flexibility index (Phi) is 3.86. The van der Waals surface area contributed by atoms with E-state index in [2.05, 4.69) is 6.58 Å². The van der Waals surface area contributed by atoms with Crippen molar-refractivity contribution in [3.05, 3.63) is 41.7 Å². The van der Waals surface area contributed by atoms with E-state index < -0.39 is 11.9 Å². The molecule has 82 valence electrons. The Morgan fingerprint density at radius 3 is 2.80 bits per heavy atom. The van der Waals surface area contributed by atoms with Crippen LogP contribution in [0.1, 0.15) is 25.0 Å². The fourth-order valence-corrected chi connectivity index (χ4v) is 1.33. The number of benzene rings is 1. The topological polar surface area (TPSA) is 29.5 Å². The van der Waals surface area contributed by atoms with Crippen molar-refractivity contribution in [2.45, 2.75) is 19.4 Å². The molecule has 0 radical (unpaired) electrons. The van der Waals surface area contributed by atoms with Gasteiger partial charge in [0, 0.05) is 0 Å². The molecule has 0 heterocycles. The molecule has 3 heteroatoms. The van der Waals surface area contributed by atoms with E-state index >= 15 is 0 Å². The SMILES string of the molecule is C=C(C)CC(O)c1ccc(F)c(OC)c1. The zero-order valence-corrected chi connectivity index (χ0v) is 8.96. The summed E-state index contributed by atoms with van der Waals surface area (Å²) in [6.45, 7) is 5.55. The molecule has 0 aliphatic heterocycles. The Balaban J connectivity index is 2.90. The number of hydrogen-bond donors (Lipinski definition) is 1. The van der Waals surface area contributed by atoms with Gasteiger partial charge in [0.1, 0.15) is 0 Å². The van der Waals surface area contributed by atoms with Gasteiger partial charge in [-0.15, -0.1) is 6.58 Å². The van der Waals surface area contributed by atoms with E-state index in [-0.39, 0.29) is 5.75 Å². The van der Waals surface area contributed by atoms with Gasteiger partial charge in [-0.3, -0.25) is 0 Å². The largest absolute Gasteiger partial charge is 0.494 e. The summed E-state index contributed by atoms with van der Waals surface area (Å²) in [5.41, 5.74) is 1.52. The predicted molar refractivity (Wildman–Crippen MR) is 57.3 cm³/mol. The second-order valence-corrected chi connectivity index (χ2v) is 3.57. The van der Waals surface area contributed by atoms with Crippen LogP contribution in [-0.4, -0.2) is 12.2 Å². The highest BCUT2D eigenvalue weighted by molar-refractivity contribution is 5.31. The molecule has 0 spiro atoms. The van der Waals surface area contributed by atoms with Crippen molar-refractivity contribution >= 4 is 0 Å². The van der Waals surface area contributed by atoms with Crippen LogP contribution < -0.4 is 4.74 Å². The van der Waals surface area contributed by atoms with Gasteiger partial charge in [-0.2, -0.15) is 0 Å². The van der Waals surface area contributed by atoms with E-state index in [1.807, 2.05) is 6.92 Å². The standard InChI is InChI=1S/C12H15FO2/c1-8(2)6-11(14)9-4-5-10(13)12(7-9)15-3/h4-5,7,11,14H,1,6H2,2-3H3. The number of methoxy groups -OCH3 is 1. The van der Waals surface area contributed by atoms with Crippen molar-refractivity contribution in [2.24, 2.45) is 0 Å². The second-order valence-electron chi connectivity index (χ2n) is 3.57. The minimum absolute atomic E-state index is 0.147. The van der Waals surface area contributed by atoms with Crippen LogP contribution in [0.2, 0.25) is 0 Å². The van der Waals surface area contributed by atoms with Crippen molar-refractivity contribution in [1.82, 2.24) is 0 Å². The number of hydrogen-bond acceptors (Lipinski definition) is 2. The number of halogens is 1. The minimum Gasteiger partial charge on any atom is -0.494 e. The molecule has 15 heavy (non-hydrogen) atoms. The van der Waals surface area contributed by atoms with E-state index in [1.54, 1.807) is 6.07 Å². The fourth-order valence-electron chi connectivity index (χ4n) is 1.33. The second kappa shape index (κ2) is 4.94. The maximum Gasteiger partial charge on any atom is 0.165 e. The summed E-state index contributed by atoms with van der Waals surface area (Å²) in [5, 5.41) is 9.76. The summed E-state index contributed by atoms with van der Waals surface area (Å²) >= 11 is 0. The van der Waals surface area contributed by atoms with E-state index in [4.69, 9.17) is 4.74 Å². The molecule has 0 aliphatic carbocycles. The smallest absolute Gasteiger partial charge is 0.165 e. The van der Waals surface area contributed by atoms with Gasteiger partial charge in [0.25, 0.3) is 0 Å². The van der Waals surface area contributed by atoms with Crippen LogP contribution in [-0.2, 0) is 0 Å². The summed E-state index contributed by atoms with van der Waals surface area (Å²) in [4.78, 5) is 0. The molecule has 0 aliphatic rings. The molecule has 1 atom stereocenters. The first-order chi connectivity index (χ1) is 7.04. The monoisotopic (exact) mass is 210 g/mol. The lowest BCUT2D eigenvalue weighted by Crippen LogP contribution is -1.99. The molecule has 0 fully saturated rings. The molecule has 1 aromatic rings. The predicted octanol–water partition coefficient (Wildman–Crippen LogP) is 2.83. The molecule has 0 saturated carbocycles. The van der Waals surface area contributed by atoms with Crippen molar-refractivity contribution in [1.29, 1.82) is 0 Å². The van der Waals surface area contributed by atoms with Crippen molar-refractivity contribution in [3.8, 4) is 5.75 Å². The van der Waals surface area contributed by atoms with Crippen LogP contribution >= 0.6 is 0 Å². The Labute approximate surface area is 89.0 Å². The molecule has 0 amide bonds. The maximum absolute atomic E-state index is 13.1. The zero-order chi connectivity index (χ0) is 11.4. The Morgan fingerprint density at radius 1 is 1.60 bits per heavy atom. The van der Waals surface area contributed by atoms with Crippen molar-refractivity contribution in [2.75, 3.05) is 7.11 Å². The first kappa shape index (κ1) is 11.7. The van der Waals surface area contributed by atoms with Crippen LogP contribution in [0.15, 0.2) is 30.4 Å². The maximum atomic E-state index is 13.1. The normalized spacial score (nSPS) is 12.3. The van der Waals surface area contributed by atoms with E-state index in [0.29, 0.717) is 12.0 Å². The third kappa shape index (κ3) is 3.06. The van der Waals surface area contributed by atoms with Crippen LogP contribution in [0, 0.1) is 5.82 Å². The third-order valence-corrected chi connectivity index (χ3v) is 2.10. The van der Waals surface area contributed by atoms with E-state index in [0.717, 1.165) is 5.57 Å². The lowest BCUT2D eigenvalue weighted by molar-refractivity contribution is 0.178. The molecular weight excluding hydrogens is 195 g/mol. The molecular formula is C12H15FO2. The summed E-state index contributed by atoms with van der Waals surface area (Å²) in [7, 11) is 1.40. The van der Waals surface area contributed by atoms with E-state index in [1.165, 1.54) is 19.2 Å². The van der Waals surface area contributed by atoms with Gasteiger partial charge in [0.15, 0.2) is 11.6 Å². The number of aliphatic hydroxyl groups excluding tert-OH is 1. The van der Waals surface area contributed by atoms with Crippen LogP contribution in [0.4, 0.5) is 4.39 Å². The van der Waals surface area contributed by atoms with Crippen molar-refractivity contribution in [3.63, 3.8) is 0 Å². The molecule has 1 aromatic carbocycles. The van der Waals surface area contributed by atoms with Gasteiger partial charge in [0.2, 0.25) is 0 Å². The van der Waals surface area contributed by atoms with Gasteiger partial charge in [-0.25, -0.2) is 4.39 Å². The molecule has 1 N–H and O–H groups in total. The summed E-state index contributed by atoms with van der Waals surface area (Å²) < 4.78 is 17.9. The highest BCUT2D eigenvalue weighted by Gasteiger charge is 2.11. The average Bonchev–Trinajstić information content (AvgIpc) is 2.17. The Bertz CT molecular complexity index is 361. The third-order valence-electron chi connectivity index (χ3n) is 2.10.